The van der Waals surface area contributed by atoms with E-state index in [1.807, 2.05) is 48.3 Å². The summed E-state index contributed by atoms with van der Waals surface area (Å²) < 4.78 is 10.9. The highest BCUT2D eigenvalue weighted by Gasteiger charge is 2.37. The molecule has 4 rings (SSSR count). The van der Waals surface area contributed by atoms with E-state index in [1.54, 1.807) is 4.90 Å². The van der Waals surface area contributed by atoms with Gasteiger partial charge in [0.2, 0.25) is 5.91 Å². The van der Waals surface area contributed by atoms with Crippen molar-refractivity contribution in [1.29, 1.82) is 0 Å². The number of rotatable bonds is 6. The summed E-state index contributed by atoms with van der Waals surface area (Å²) >= 11 is 0. The van der Waals surface area contributed by atoms with Crippen molar-refractivity contribution in [2.45, 2.75) is 44.8 Å². The number of amides is 1. The quantitative estimate of drug-likeness (QED) is 0.703. The molecule has 0 bridgehead atoms. The van der Waals surface area contributed by atoms with Gasteiger partial charge in [0.05, 0.1) is 20.2 Å². The Bertz CT molecular complexity index is 906. The van der Waals surface area contributed by atoms with E-state index in [-0.39, 0.29) is 18.4 Å². The molecule has 1 aliphatic carbocycles. The molecule has 0 N–H and O–H groups in total. The Morgan fingerprint density at radius 2 is 1.93 bits per heavy atom. The highest BCUT2D eigenvalue weighted by atomic mass is 16.5. The third-order valence-electron chi connectivity index (χ3n) is 6.03. The Morgan fingerprint density at radius 1 is 1.21 bits per heavy atom. The van der Waals surface area contributed by atoms with Crippen molar-refractivity contribution in [1.82, 2.24) is 9.80 Å². The van der Waals surface area contributed by atoms with Crippen molar-refractivity contribution in [3.63, 3.8) is 0 Å². The molecular formula is C23H28N2O4. The number of ether oxygens (including phenoxy) is 1. The Morgan fingerprint density at radius 3 is 2.62 bits per heavy atom. The summed E-state index contributed by atoms with van der Waals surface area (Å²) in [5.41, 5.74) is 2.18. The minimum Gasteiger partial charge on any atom is -0.467 e. The topological polar surface area (TPSA) is 63.0 Å². The van der Waals surface area contributed by atoms with Crippen molar-refractivity contribution in [2.24, 2.45) is 5.92 Å². The van der Waals surface area contributed by atoms with Crippen LogP contribution in [0.1, 0.15) is 41.9 Å². The largest absolute Gasteiger partial charge is 0.467 e. The number of carbonyl (C=O) groups excluding carboxylic acids is 2. The summed E-state index contributed by atoms with van der Waals surface area (Å²) in [5, 5.41) is 0. The number of carbonyl (C=O) groups is 2. The first-order valence-electron chi connectivity index (χ1n) is 10.2. The second-order valence-corrected chi connectivity index (χ2v) is 8.33. The summed E-state index contributed by atoms with van der Waals surface area (Å²) in [6, 6.07) is 11.4. The van der Waals surface area contributed by atoms with Crippen molar-refractivity contribution in [3.8, 4) is 0 Å². The smallest absolute Gasteiger partial charge is 0.328 e. The van der Waals surface area contributed by atoms with Crippen molar-refractivity contribution >= 4 is 11.9 Å². The van der Waals surface area contributed by atoms with Crippen LogP contribution in [0.15, 0.2) is 40.8 Å². The first-order valence-corrected chi connectivity index (χ1v) is 10.2. The number of fused-ring (bicyclic) bond motifs is 1. The van der Waals surface area contributed by atoms with E-state index >= 15 is 0 Å². The van der Waals surface area contributed by atoms with Gasteiger partial charge in [0.1, 0.15) is 17.6 Å². The van der Waals surface area contributed by atoms with Crippen LogP contribution < -0.4 is 0 Å². The number of likely N-dealkylation sites (N-methyl/N-ethyl adjacent to an activating group) is 1. The molecule has 0 saturated heterocycles. The first kappa shape index (κ1) is 19.7. The fraction of sp³-hybridized carbons (Fsp3) is 0.478. The molecule has 1 amide bonds. The van der Waals surface area contributed by atoms with Gasteiger partial charge in [-0.2, -0.15) is 0 Å². The minimum atomic E-state index is -0.581. The Balaban J connectivity index is 1.41. The first-order chi connectivity index (χ1) is 14.0. The van der Waals surface area contributed by atoms with Crippen LogP contribution in [0.2, 0.25) is 0 Å². The van der Waals surface area contributed by atoms with Crippen molar-refractivity contribution in [3.05, 3.63) is 59.0 Å². The highest BCUT2D eigenvalue weighted by molar-refractivity contribution is 5.86. The van der Waals surface area contributed by atoms with Crippen LogP contribution in [0.5, 0.6) is 0 Å². The molecule has 154 valence electrons. The predicted molar refractivity (Wildman–Crippen MR) is 108 cm³/mol. The van der Waals surface area contributed by atoms with Gasteiger partial charge in [0.15, 0.2) is 0 Å². The van der Waals surface area contributed by atoms with Crippen LogP contribution in [0.25, 0.3) is 0 Å². The van der Waals surface area contributed by atoms with Gasteiger partial charge in [-0.1, -0.05) is 31.2 Å². The molecule has 1 aromatic heterocycles. The molecule has 2 heterocycles. The number of esters is 1. The van der Waals surface area contributed by atoms with Gasteiger partial charge < -0.3 is 14.1 Å². The summed E-state index contributed by atoms with van der Waals surface area (Å²) in [5.74, 6) is 2.70. The molecule has 6 nitrogen and oxygen atoms in total. The Labute approximate surface area is 171 Å². The summed E-state index contributed by atoms with van der Waals surface area (Å²) in [6.45, 7) is 3.42. The van der Waals surface area contributed by atoms with E-state index < -0.39 is 6.04 Å². The number of hydrogen-bond donors (Lipinski definition) is 0. The van der Waals surface area contributed by atoms with Gasteiger partial charge in [-0.15, -0.1) is 0 Å². The molecule has 0 radical (unpaired) electrons. The number of hydrogen-bond acceptors (Lipinski definition) is 5. The molecule has 1 fully saturated rings. The fourth-order valence-electron chi connectivity index (χ4n) is 4.17. The number of furan rings is 1. The van der Waals surface area contributed by atoms with Crippen LogP contribution in [0, 0.1) is 5.92 Å². The monoisotopic (exact) mass is 396 g/mol. The normalized spacial score (nSPS) is 23.0. The number of benzene rings is 1. The van der Waals surface area contributed by atoms with Crippen LogP contribution in [0.4, 0.5) is 0 Å². The average Bonchev–Trinajstić information content (AvgIpc) is 3.27. The standard InChI is InChI=1S/C23H28N2O4/c1-15-10-19(15)21-9-8-18(29-21)13-24(2)14-22(26)25-12-17-7-5-4-6-16(17)11-20(25)23(27)28-3/h4-9,15,19-20H,10-14H2,1-3H3. The molecule has 1 aromatic carbocycles. The van der Waals surface area contributed by atoms with Crippen LogP contribution in [0.3, 0.4) is 0 Å². The zero-order valence-electron chi connectivity index (χ0n) is 17.3. The lowest BCUT2D eigenvalue weighted by Crippen LogP contribution is -2.51. The molecule has 2 aromatic rings. The fourth-order valence-corrected chi connectivity index (χ4v) is 4.17. The predicted octanol–water partition coefficient (Wildman–Crippen LogP) is 2.96. The van der Waals surface area contributed by atoms with Gasteiger partial charge in [-0.25, -0.2) is 4.79 Å². The SMILES string of the molecule is COC(=O)C1Cc2ccccc2CN1C(=O)CN(C)Cc1ccc(C2CC2C)o1. The number of methoxy groups -OCH3 is 1. The Hall–Kier alpha value is -2.60. The van der Waals surface area contributed by atoms with Gasteiger partial charge in [0.25, 0.3) is 0 Å². The number of nitrogens with zero attached hydrogens (tertiary/aromatic N) is 2. The molecule has 2 aliphatic rings. The summed E-state index contributed by atoms with van der Waals surface area (Å²) in [4.78, 5) is 28.9. The molecule has 1 saturated carbocycles. The lowest BCUT2D eigenvalue weighted by molar-refractivity contribution is -0.154. The third-order valence-corrected chi connectivity index (χ3v) is 6.03. The van der Waals surface area contributed by atoms with E-state index in [0.717, 1.165) is 22.6 Å². The van der Waals surface area contributed by atoms with Gasteiger partial charge >= 0.3 is 5.97 Å². The zero-order valence-corrected chi connectivity index (χ0v) is 17.3. The second-order valence-electron chi connectivity index (χ2n) is 8.33. The maximum absolute atomic E-state index is 13.1. The van der Waals surface area contributed by atoms with Gasteiger partial charge in [-0.05, 0) is 42.6 Å². The minimum absolute atomic E-state index is 0.0833. The van der Waals surface area contributed by atoms with E-state index in [2.05, 4.69) is 6.92 Å². The van der Waals surface area contributed by atoms with Crippen LogP contribution >= 0.6 is 0 Å². The summed E-state index contributed by atoms with van der Waals surface area (Å²) in [7, 11) is 3.26. The molecule has 6 heteroatoms. The van der Waals surface area contributed by atoms with Crippen molar-refractivity contribution < 1.29 is 18.7 Å². The van der Waals surface area contributed by atoms with E-state index in [0.29, 0.717) is 31.3 Å². The van der Waals surface area contributed by atoms with Gasteiger partial charge in [-0.3, -0.25) is 9.69 Å². The molecule has 0 spiro atoms. The Kier molecular flexibility index (Phi) is 5.46. The molecule has 1 aliphatic heterocycles. The van der Waals surface area contributed by atoms with E-state index in [4.69, 9.17) is 9.15 Å². The lowest BCUT2D eigenvalue weighted by atomic mass is 9.94. The molecule has 3 atom stereocenters. The van der Waals surface area contributed by atoms with E-state index in [9.17, 15) is 9.59 Å². The highest BCUT2D eigenvalue weighted by Crippen LogP contribution is 2.47. The maximum Gasteiger partial charge on any atom is 0.328 e. The van der Waals surface area contributed by atoms with Crippen molar-refractivity contribution in [2.75, 3.05) is 20.7 Å². The van der Waals surface area contributed by atoms with Crippen LogP contribution in [-0.2, 0) is 33.8 Å². The summed E-state index contributed by atoms with van der Waals surface area (Å²) in [6.07, 6.45) is 1.67. The maximum atomic E-state index is 13.1. The van der Waals surface area contributed by atoms with Crippen LogP contribution in [-0.4, -0.2) is 48.4 Å². The third kappa shape index (κ3) is 4.22. The van der Waals surface area contributed by atoms with E-state index in [1.165, 1.54) is 13.5 Å². The van der Waals surface area contributed by atoms with Gasteiger partial charge in [0, 0.05) is 18.9 Å². The molecule has 29 heavy (non-hydrogen) atoms. The zero-order chi connectivity index (χ0) is 20.5. The molecular weight excluding hydrogens is 368 g/mol. The second kappa shape index (κ2) is 8.03. The average molecular weight is 396 g/mol. The molecule has 3 unspecified atom stereocenters. The lowest BCUT2D eigenvalue weighted by Gasteiger charge is -2.36.